The monoisotopic (exact) mass is 251 g/mol. The molecule has 0 aromatic rings. The molecule has 97 valence electrons. The van der Waals surface area contributed by atoms with E-state index in [4.69, 9.17) is 13.3 Å². The van der Waals surface area contributed by atoms with Gasteiger partial charge in [-0.3, -0.25) is 0 Å². The maximum absolute atomic E-state index is 9.57. The molecule has 1 saturated heterocycles. The van der Waals surface area contributed by atoms with Gasteiger partial charge >= 0.3 is 8.80 Å². The standard InChI is InChI=1S/C7H18O3Si.C3H5O2/c1-5-6-7-11(8-2,9-3)10-4;4-1-3-2-5-3/h5-7H2,1-4H3;3H,1-2H2. The van der Waals surface area contributed by atoms with Crippen molar-refractivity contribution in [2.45, 2.75) is 31.9 Å². The molecule has 5 nitrogen and oxygen atoms in total. The van der Waals surface area contributed by atoms with Crippen LogP contribution in [0.5, 0.6) is 0 Å². The molecule has 1 unspecified atom stereocenters. The van der Waals surface area contributed by atoms with Crippen LogP contribution in [0.1, 0.15) is 19.8 Å². The van der Waals surface area contributed by atoms with Crippen LogP contribution >= 0.6 is 0 Å². The molecule has 6 heteroatoms. The van der Waals surface area contributed by atoms with Gasteiger partial charge in [0.1, 0.15) is 12.7 Å². The highest BCUT2D eigenvalue weighted by Gasteiger charge is 2.36. The Balaban J connectivity index is 0.000000368. The van der Waals surface area contributed by atoms with Crippen LogP contribution in [-0.4, -0.2) is 49.5 Å². The van der Waals surface area contributed by atoms with Crippen molar-refractivity contribution in [2.75, 3.05) is 34.5 Å². The SMILES string of the molecule is CCCC[Si](OC)(OC)OC.[O]CC1CO1. The highest BCUT2D eigenvalue weighted by molar-refractivity contribution is 6.60. The fraction of sp³-hybridized carbons (Fsp3) is 1.00. The lowest BCUT2D eigenvalue weighted by molar-refractivity contribution is 0.123. The second kappa shape index (κ2) is 9.09. The summed E-state index contributed by atoms with van der Waals surface area (Å²) in [6.45, 7) is 2.78. The molecule has 0 amide bonds. The highest BCUT2D eigenvalue weighted by atomic mass is 28.4. The first kappa shape index (κ1) is 16.0. The Kier molecular flexibility index (Phi) is 9.10. The minimum Gasteiger partial charge on any atom is -0.377 e. The van der Waals surface area contributed by atoms with Gasteiger partial charge < -0.3 is 18.0 Å². The van der Waals surface area contributed by atoms with E-state index in [2.05, 4.69) is 11.7 Å². The first-order valence-corrected chi connectivity index (χ1v) is 7.46. The van der Waals surface area contributed by atoms with Crippen molar-refractivity contribution in [1.82, 2.24) is 0 Å². The Bertz CT molecular complexity index is 151. The fourth-order valence-corrected chi connectivity index (χ4v) is 3.01. The molecule has 16 heavy (non-hydrogen) atoms. The number of hydrogen-bond acceptors (Lipinski definition) is 4. The summed E-state index contributed by atoms with van der Waals surface area (Å²) in [5.41, 5.74) is 0. The van der Waals surface area contributed by atoms with E-state index in [1.165, 1.54) is 0 Å². The lowest BCUT2D eigenvalue weighted by Gasteiger charge is -2.23. The molecule has 0 aromatic heterocycles. The molecule has 1 heterocycles. The molecule has 1 rings (SSSR count). The number of epoxide rings is 1. The predicted molar refractivity (Wildman–Crippen MR) is 61.8 cm³/mol. The Labute approximate surface area is 99.0 Å². The quantitative estimate of drug-likeness (QED) is 0.508. The smallest absolute Gasteiger partial charge is 0.377 e. The van der Waals surface area contributed by atoms with Gasteiger partial charge in [0.25, 0.3) is 0 Å². The number of unbranched alkanes of at least 4 members (excludes halogenated alkanes) is 1. The summed E-state index contributed by atoms with van der Waals surface area (Å²) in [7, 11) is 2.70. The lowest BCUT2D eigenvalue weighted by atomic mass is 10.4. The van der Waals surface area contributed by atoms with Gasteiger partial charge in [0.05, 0.1) is 6.61 Å². The summed E-state index contributed by atoms with van der Waals surface area (Å²) in [4.78, 5) is 0. The molecular weight excluding hydrogens is 228 g/mol. The highest BCUT2D eigenvalue weighted by Crippen LogP contribution is 2.15. The second-order valence-electron chi connectivity index (χ2n) is 3.52. The van der Waals surface area contributed by atoms with Crippen molar-refractivity contribution >= 4 is 8.80 Å². The second-order valence-corrected chi connectivity index (χ2v) is 6.61. The summed E-state index contributed by atoms with van der Waals surface area (Å²) in [6.07, 6.45) is 2.32. The van der Waals surface area contributed by atoms with E-state index in [1.807, 2.05) is 0 Å². The van der Waals surface area contributed by atoms with Gasteiger partial charge in [0.2, 0.25) is 0 Å². The van der Waals surface area contributed by atoms with E-state index in [0.29, 0.717) is 6.61 Å². The summed E-state index contributed by atoms with van der Waals surface area (Å²) in [5, 5.41) is 9.57. The summed E-state index contributed by atoms with van der Waals surface area (Å²) < 4.78 is 20.2. The maximum Gasteiger partial charge on any atom is 0.500 e. The molecular formula is C10H23O5Si. The van der Waals surface area contributed by atoms with Crippen LogP contribution in [0.4, 0.5) is 0 Å². The van der Waals surface area contributed by atoms with Crippen molar-refractivity contribution in [2.24, 2.45) is 0 Å². The molecule has 1 radical (unpaired) electrons. The normalized spacial score (nSPS) is 18.9. The van der Waals surface area contributed by atoms with Crippen molar-refractivity contribution in [3.63, 3.8) is 0 Å². The van der Waals surface area contributed by atoms with Crippen molar-refractivity contribution in [3.8, 4) is 0 Å². The third kappa shape index (κ3) is 6.57. The molecule has 1 atom stereocenters. The van der Waals surface area contributed by atoms with Crippen LogP contribution < -0.4 is 0 Å². The van der Waals surface area contributed by atoms with Gasteiger partial charge in [-0.25, -0.2) is 5.11 Å². The van der Waals surface area contributed by atoms with Crippen LogP contribution in [0.15, 0.2) is 0 Å². The molecule has 0 aromatic carbocycles. The number of rotatable bonds is 7. The summed E-state index contributed by atoms with van der Waals surface area (Å²) >= 11 is 0. The van der Waals surface area contributed by atoms with E-state index >= 15 is 0 Å². The molecule has 1 aliphatic heterocycles. The fourth-order valence-electron chi connectivity index (χ4n) is 1.11. The zero-order valence-corrected chi connectivity index (χ0v) is 11.7. The largest absolute Gasteiger partial charge is 0.500 e. The Morgan fingerprint density at radius 2 is 1.75 bits per heavy atom. The summed E-state index contributed by atoms with van der Waals surface area (Å²) in [6, 6.07) is 0.910. The minimum absolute atomic E-state index is 0.0556. The van der Waals surface area contributed by atoms with Gasteiger partial charge in [-0.2, -0.15) is 0 Å². The van der Waals surface area contributed by atoms with Crippen molar-refractivity contribution < 1.29 is 23.1 Å². The molecule has 0 aliphatic carbocycles. The minimum atomic E-state index is -2.24. The number of hydrogen-bond donors (Lipinski definition) is 0. The van der Waals surface area contributed by atoms with Gasteiger partial charge in [0, 0.05) is 27.4 Å². The van der Waals surface area contributed by atoms with E-state index in [9.17, 15) is 5.11 Å². The maximum atomic E-state index is 9.57. The Morgan fingerprint density at radius 3 is 1.94 bits per heavy atom. The molecule has 0 N–H and O–H groups in total. The first-order chi connectivity index (χ1) is 7.67. The summed E-state index contributed by atoms with van der Waals surface area (Å²) in [5.74, 6) is 0. The van der Waals surface area contributed by atoms with Crippen LogP contribution in [0.3, 0.4) is 0 Å². The van der Waals surface area contributed by atoms with Crippen LogP contribution in [-0.2, 0) is 23.1 Å². The van der Waals surface area contributed by atoms with Gasteiger partial charge in [-0.05, 0) is 6.42 Å². The van der Waals surface area contributed by atoms with Crippen LogP contribution in [0, 0.1) is 0 Å². The zero-order chi connectivity index (χ0) is 12.4. The van der Waals surface area contributed by atoms with Gasteiger partial charge in [0.15, 0.2) is 0 Å². The van der Waals surface area contributed by atoms with Crippen molar-refractivity contribution in [1.29, 1.82) is 0 Å². The first-order valence-electron chi connectivity index (χ1n) is 5.53. The Hall–Kier alpha value is 0.0169. The third-order valence-corrected chi connectivity index (χ3v) is 5.19. The lowest BCUT2D eigenvalue weighted by Crippen LogP contribution is -2.42. The average molecular weight is 251 g/mol. The van der Waals surface area contributed by atoms with Crippen LogP contribution in [0.2, 0.25) is 6.04 Å². The van der Waals surface area contributed by atoms with E-state index in [1.54, 1.807) is 21.3 Å². The number of ether oxygens (including phenoxy) is 1. The Morgan fingerprint density at radius 1 is 1.25 bits per heavy atom. The van der Waals surface area contributed by atoms with Crippen molar-refractivity contribution in [3.05, 3.63) is 0 Å². The molecule has 1 fully saturated rings. The average Bonchev–Trinajstić information content (AvgIpc) is 3.16. The van der Waals surface area contributed by atoms with Gasteiger partial charge in [-0.1, -0.05) is 13.3 Å². The zero-order valence-electron chi connectivity index (χ0n) is 10.7. The molecule has 0 spiro atoms. The van der Waals surface area contributed by atoms with Crippen LogP contribution in [0.25, 0.3) is 0 Å². The third-order valence-electron chi connectivity index (χ3n) is 2.36. The molecule has 1 aliphatic rings. The molecule has 0 bridgehead atoms. The van der Waals surface area contributed by atoms with Gasteiger partial charge in [-0.15, -0.1) is 0 Å². The topological polar surface area (TPSA) is 60.1 Å². The van der Waals surface area contributed by atoms with E-state index in [0.717, 1.165) is 18.9 Å². The predicted octanol–water partition coefficient (Wildman–Crippen LogP) is 1.48. The molecule has 0 saturated carbocycles. The van der Waals surface area contributed by atoms with E-state index in [-0.39, 0.29) is 12.7 Å². The van der Waals surface area contributed by atoms with E-state index < -0.39 is 8.80 Å².